The third kappa shape index (κ3) is 4.49. The number of aromatic nitrogens is 3. The van der Waals surface area contributed by atoms with Crippen LogP contribution in [0.5, 0.6) is 0 Å². The summed E-state index contributed by atoms with van der Waals surface area (Å²) in [6.45, 7) is 7.63. The molecule has 0 aromatic carbocycles. The highest BCUT2D eigenvalue weighted by molar-refractivity contribution is 7.18. The second-order valence-electron chi connectivity index (χ2n) is 5.73. The number of amides is 1. The van der Waals surface area contributed by atoms with Crippen LogP contribution in [0.15, 0.2) is 24.4 Å². The largest absolute Gasteiger partial charge is 0.350 e. The van der Waals surface area contributed by atoms with E-state index in [1.54, 1.807) is 13.1 Å². The number of pyridine rings is 1. The first kappa shape index (κ1) is 15.4. The topological polar surface area (TPSA) is 79.8 Å². The normalized spacial score (nSPS) is 12.8. The van der Waals surface area contributed by atoms with Gasteiger partial charge in [0.15, 0.2) is 5.01 Å². The number of anilines is 1. The van der Waals surface area contributed by atoms with E-state index in [0.29, 0.717) is 5.13 Å². The third-order valence-corrected chi connectivity index (χ3v) is 3.42. The van der Waals surface area contributed by atoms with E-state index in [2.05, 4.69) is 25.8 Å². The molecule has 0 saturated carbocycles. The molecule has 0 aliphatic carbocycles. The van der Waals surface area contributed by atoms with Gasteiger partial charge >= 0.3 is 0 Å². The zero-order valence-electron chi connectivity index (χ0n) is 12.5. The van der Waals surface area contributed by atoms with Crippen molar-refractivity contribution in [2.45, 2.75) is 39.3 Å². The fourth-order valence-corrected chi connectivity index (χ4v) is 2.41. The van der Waals surface area contributed by atoms with Crippen LogP contribution >= 0.6 is 11.3 Å². The Hall–Kier alpha value is -2.02. The molecule has 2 N–H and O–H groups in total. The summed E-state index contributed by atoms with van der Waals surface area (Å²) in [6, 6.07) is 5.24. The smallest absolute Gasteiger partial charge is 0.242 e. The molecule has 0 saturated heterocycles. The van der Waals surface area contributed by atoms with Gasteiger partial charge in [0.05, 0.1) is 0 Å². The Kier molecular flexibility index (Phi) is 4.52. The summed E-state index contributed by atoms with van der Waals surface area (Å²) < 4.78 is 0. The van der Waals surface area contributed by atoms with Crippen molar-refractivity contribution in [2.24, 2.45) is 0 Å². The first-order valence-electron chi connectivity index (χ1n) is 6.68. The molecule has 0 aliphatic rings. The molecule has 112 valence electrons. The molecule has 2 heterocycles. The highest BCUT2D eigenvalue weighted by atomic mass is 32.1. The molecule has 7 heteroatoms. The molecule has 1 amide bonds. The Bertz CT molecular complexity index is 605. The quantitative estimate of drug-likeness (QED) is 0.906. The first-order valence-corrected chi connectivity index (χ1v) is 7.50. The summed E-state index contributed by atoms with van der Waals surface area (Å²) in [6.07, 6.45) is 1.71. The Morgan fingerprint density at radius 2 is 2.05 bits per heavy atom. The zero-order valence-corrected chi connectivity index (χ0v) is 13.4. The second kappa shape index (κ2) is 6.17. The number of hydrogen-bond donors (Lipinski definition) is 2. The van der Waals surface area contributed by atoms with Crippen molar-refractivity contribution in [3.05, 3.63) is 24.4 Å². The third-order valence-electron chi connectivity index (χ3n) is 2.54. The number of carbonyl (C=O) groups excluding carboxylic acids is 1. The van der Waals surface area contributed by atoms with E-state index in [9.17, 15) is 4.79 Å². The summed E-state index contributed by atoms with van der Waals surface area (Å²) >= 11 is 1.37. The maximum atomic E-state index is 12.0. The fourth-order valence-electron chi connectivity index (χ4n) is 1.60. The van der Waals surface area contributed by atoms with E-state index in [4.69, 9.17) is 0 Å². The van der Waals surface area contributed by atoms with Crippen molar-refractivity contribution < 1.29 is 4.79 Å². The highest BCUT2D eigenvalue weighted by Gasteiger charge is 2.20. The Balaban J connectivity index is 2.01. The van der Waals surface area contributed by atoms with Gasteiger partial charge in [-0.1, -0.05) is 17.4 Å². The Morgan fingerprint density at radius 1 is 1.29 bits per heavy atom. The molecule has 0 fully saturated rings. The highest BCUT2D eigenvalue weighted by Crippen LogP contribution is 2.24. The van der Waals surface area contributed by atoms with Gasteiger partial charge in [-0.05, 0) is 39.8 Å². The van der Waals surface area contributed by atoms with Gasteiger partial charge in [-0.3, -0.25) is 9.78 Å². The maximum absolute atomic E-state index is 12.0. The van der Waals surface area contributed by atoms with E-state index < -0.39 is 0 Å². The Labute approximate surface area is 128 Å². The van der Waals surface area contributed by atoms with Crippen molar-refractivity contribution >= 4 is 22.4 Å². The maximum Gasteiger partial charge on any atom is 0.242 e. The average molecular weight is 305 g/mol. The van der Waals surface area contributed by atoms with Crippen molar-refractivity contribution in [1.29, 1.82) is 0 Å². The standard InChI is InChI=1S/C14H19N5OS/c1-9(11(20)17-14(2,3)4)16-13-19-18-12(21-13)10-7-5-6-8-15-10/h5-9H,1-4H3,(H,16,19)(H,17,20). The second-order valence-corrected chi connectivity index (χ2v) is 6.71. The van der Waals surface area contributed by atoms with Crippen LogP contribution in [-0.4, -0.2) is 32.7 Å². The molecule has 0 bridgehead atoms. The van der Waals surface area contributed by atoms with Gasteiger partial charge in [0, 0.05) is 11.7 Å². The SMILES string of the molecule is CC(Nc1nnc(-c2ccccn2)s1)C(=O)NC(C)(C)C. The number of rotatable bonds is 4. The molecule has 6 nitrogen and oxygen atoms in total. The van der Waals surface area contributed by atoms with E-state index >= 15 is 0 Å². The fraction of sp³-hybridized carbons (Fsp3) is 0.429. The van der Waals surface area contributed by atoms with Crippen LogP contribution in [0, 0.1) is 0 Å². The minimum Gasteiger partial charge on any atom is -0.350 e. The van der Waals surface area contributed by atoms with Gasteiger partial charge in [0.1, 0.15) is 11.7 Å². The van der Waals surface area contributed by atoms with Crippen LogP contribution in [0.3, 0.4) is 0 Å². The van der Waals surface area contributed by atoms with Crippen LogP contribution in [-0.2, 0) is 4.79 Å². The number of nitrogens with one attached hydrogen (secondary N) is 2. The summed E-state index contributed by atoms with van der Waals surface area (Å²) in [5.41, 5.74) is 0.516. The van der Waals surface area contributed by atoms with Crippen molar-refractivity contribution in [3.8, 4) is 10.7 Å². The minimum atomic E-state index is -0.381. The molecule has 21 heavy (non-hydrogen) atoms. The molecule has 1 unspecified atom stereocenters. The summed E-state index contributed by atoms with van der Waals surface area (Å²) in [4.78, 5) is 16.2. The minimum absolute atomic E-state index is 0.0721. The number of carbonyl (C=O) groups is 1. The van der Waals surface area contributed by atoms with Gasteiger partial charge in [-0.15, -0.1) is 10.2 Å². The molecule has 0 aliphatic heterocycles. The van der Waals surface area contributed by atoms with Gasteiger partial charge < -0.3 is 10.6 Å². The van der Waals surface area contributed by atoms with Crippen LogP contribution < -0.4 is 10.6 Å². The predicted octanol–water partition coefficient (Wildman–Crippen LogP) is 2.32. The lowest BCUT2D eigenvalue weighted by atomic mass is 10.1. The van der Waals surface area contributed by atoms with Crippen molar-refractivity contribution in [2.75, 3.05) is 5.32 Å². The molecule has 2 rings (SSSR count). The van der Waals surface area contributed by atoms with Gasteiger partial charge in [-0.2, -0.15) is 0 Å². The van der Waals surface area contributed by atoms with E-state index in [1.807, 2.05) is 39.0 Å². The molecular formula is C14H19N5OS. The lowest BCUT2D eigenvalue weighted by Gasteiger charge is -2.23. The van der Waals surface area contributed by atoms with Crippen LogP contribution in [0.25, 0.3) is 10.7 Å². The summed E-state index contributed by atoms with van der Waals surface area (Å²) in [7, 11) is 0. The van der Waals surface area contributed by atoms with Gasteiger partial charge in [-0.25, -0.2) is 0 Å². The first-order chi connectivity index (χ1) is 9.85. The van der Waals surface area contributed by atoms with E-state index in [1.165, 1.54) is 11.3 Å². The van der Waals surface area contributed by atoms with E-state index in [0.717, 1.165) is 10.7 Å². The molecule has 0 spiro atoms. The average Bonchev–Trinajstić information content (AvgIpc) is 2.86. The monoisotopic (exact) mass is 305 g/mol. The molecule has 2 aromatic heterocycles. The van der Waals surface area contributed by atoms with Gasteiger partial charge in [0.2, 0.25) is 11.0 Å². The lowest BCUT2D eigenvalue weighted by Crippen LogP contribution is -2.47. The van der Waals surface area contributed by atoms with Crippen LogP contribution in [0.4, 0.5) is 5.13 Å². The lowest BCUT2D eigenvalue weighted by molar-refractivity contribution is -0.122. The molecular weight excluding hydrogens is 286 g/mol. The van der Waals surface area contributed by atoms with Crippen molar-refractivity contribution in [3.63, 3.8) is 0 Å². The van der Waals surface area contributed by atoms with Gasteiger partial charge in [0.25, 0.3) is 0 Å². The number of nitrogens with zero attached hydrogens (tertiary/aromatic N) is 3. The molecule has 2 aromatic rings. The van der Waals surface area contributed by atoms with Crippen LogP contribution in [0.2, 0.25) is 0 Å². The summed E-state index contributed by atoms with van der Waals surface area (Å²) in [5, 5.41) is 15.4. The van der Waals surface area contributed by atoms with Crippen molar-refractivity contribution in [1.82, 2.24) is 20.5 Å². The number of hydrogen-bond acceptors (Lipinski definition) is 6. The Morgan fingerprint density at radius 3 is 2.67 bits per heavy atom. The summed E-state index contributed by atoms with van der Waals surface area (Å²) in [5.74, 6) is -0.0721. The zero-order chi connectivity index (χ0) is 15.5. The van der Waals surface area contributed by atoms with E-state index in [-0.39, 0.29) is 17.5 Å². The molecule has 0 radical (unpaired) electrons. The van der Waals surface area contributed by atoms with Crippen LogP contribution in [0.1, 0.15) is 27.7 Å². The molecule has 1 atom stereocenters. The predicted molar refractivity (Wildman–Crippen MR) is 84.1 cm³/mol.